The van der Waals surface area contributed by atoms with Gasteiger partial charge in [-0.3, -0.25) is 4.68 Å². The number of pyridine rings is 1. The molecule has 0 bridgehead atoms. The minimum absolute atomic E-state index is 0.402. The Morgan fingerprint density at radius 1 is 1.29 bits per heavy atom. The van der Waals surface area contributed by atoms with Crippen molar-refractivity contribution in [2.45, 2.75) is 6.54 Å². The summed E-state index contributed by atoms with van der Waals surface area (Å²) in [7, 11) is 0. The van der Waals surface area contributed by atoms with Crippen molar-refractivity contribution < 1.29 is 0 Å². The SMILES string of the molecule is Clc1ccc(Cn2cccn2)c(Cl)n1. The van der Waals surface area contributed by atoms with Crippen LogP contribution in [-0.2, 0) is 6.54 Å². The van der Waals surface area contributed by atoms with Gasteiger partial charge in [0.05, 0.1) is 6.54 Å². The molecule has 2 rings (SSSR count). The first kappa shape index (κ1) is 9.49. The van der Waals surface area contributed by atoms with Crippen molar-refractivity contribution in [3.05, 3.63) is 46.5 Å². The summed E-state index contributed by atoms with van der Waals surface area (Å²) in [5.74, 6) is 0. The lowest BCUT2D eigenvalue weighted by Gasteiger charge is -2.03. The van der Waals surface area contributed by atoms with Crippen molar-refractivity contribution >= 4 is 23.2 Å². The maximum Gasteiger partial charge on any atom is 0.135 e. The first-order valence-electron chi connectivity index (χ1n) is 4.04. The van der Waals surface area contributed by atoms with Crippen LogP contribution in [0.3, 0.4) is 0 Å². The Hall–Kier alpha value is -1.06. The van der Waals surface area contributed by atoms with Crippen LogP contribution in [0.1, 0.15) is 5.56 Å². The maximum absolute atomic E-state index is 5.91. The minimum Gasteiger partial charge on any atom is -0.268 e. The average molecular weight is 228 g/mol. The molecule has 2 aromatic heterocycles. The van der Waals surface area contributed by atoms with Gasteiger partial charge < -0.3 is 0 Å². The maximum atomic E-state index is 5.91. The van der Waals surface area contributed by atoms with E-state index in [4.69, 9.17) is 23.2 Å². The molecule has 0 radical (unpaired) electrons. The van der Waals surface area contributed by atoms with Crippen LogP contribution in [-0.4, -0.2) is 14.8 Å². The van der Waals surface area contributed by atoms with E-state index in [0.717, 1.165) is 5.56 Å². The molecule has 0 aliphatic rings. The molecule has 0 aromatic carbocycles. The van der Waals surface area contributed by atoms with Crippen LogP contribution in [0.4, 0.5) is 0 Å². The molecule has 14 heavy (non-hydrogen) atoms. The van der Waals surface area contributed by atoms with Crippen LogP contribution in [0, 0.1) is 0 Å². The number of halogens is 2. The Morgan fingerprint density at radius 2 is 2.14 bits per heavy atom. The number of aromatic nitrogens is 3. The molecule has 0 spiro atoms. The van der Waals surface area contributed by atoms with Gasteiger partial charge in [0.25, 0.3) is 0 Å². The molecular formula is C9H7Cl2N3. The van der Waals surface area contributed by atoms with Crippen molar-refractivity contribution in [1.82, 2.24) is 14.8 Å². The van der Waals surface area contributed by atoms with Crippen LogP contribution in [0.5, 0.6) is 0 Å². The Labute approximate surface area is 91.3 Å². The highest BCUT2D eigenvalue weighted by Crippen LogP contribution is 2.17. The molecule has 2 heterocycles. The van der Waals surface area contributed by atoms with E-state index in [1.54, 1.807) is 16.9 Å². The van der Waals surface area contributed by atoms with Crippen LogP contribution in [0.15, 0.2) is 30.6 Å². The summed E-state index contributed by atoms with van der Waals surface area (Å²) in [6, 6.07) is 5.42. The van der Waals surface area contributed by atoms with Gasteiger partial charge in [-0.05, 0) is 12.1 Å². The summed E-state index contributed by atoms with van der Waals surface area (Å²) in [5.41, 5.74) is 0.903. The van der Waals surface area contributed by atoms with Crippen molar-refractivity contribution in [3.8, 4) is 0 Å². The second-order valence-corrected chi connectivity index (χ2v) is 3.53. The zero-order valence-electron chi connectivity index (χ0n) is 7.19. The van der Waals surface area contributed by atoms with E-state index in [2.05, 4.69) is 10.1 Å². The van der Waals surface area contributed by atoms with Gasteiger partial charge >= 0.3 is 0 Å². The van der Waals surface area contributed by atoms with Gasteiger partial charge in [-0.2, -0.15) is 5.10 Å². The lowest BCUT2D eigenvalue weighted by atomic mass is 10.3. The fourth-order valence-corrected chi connectivity index (χ4v) is 1.53. The van der Waals surface area contributed by atoms with E-state index in [1.807, 2.05) is 18.3 Å². The van der Waals surface area contributed by atoms with Gasteiger partial charge in [0, 0.05) is 18.0 Å². The van der Waals surface area contributed by atoms with Gasteiger partial charge in [-0.15, -0.1) is 0 Å². The van der Waals surface area contributed by atoms with Crippen molar-refractivity contribution in [2.75, 3.05) is 0 Å². The molecule has 0 aliphatic carbocycles. The van der Waals surface area contributed by atoms with Crippen LogP contribution in [0.2, 0.25) is 10.3 Å². The normalized spacial score (nSPS) is 10.4. The van der Waals surface area contributed by atoms with Crippen LogP contribution < -0.4 is 0 Å². The van der Waals surface area contributed by atoms with Crippen LogP contribution in [0.25, 0.3) is 0 Å². The second-order valence-electron chi connectivity index (χ2n) is 2.79. The smallest absolute Gasteiger partial charge is 0.135 e. The topological polar surface area (TPSA) is 30.7 Å². The van der Waals surface area contributed by atoms with Gasteiger partial charge in [0.1, 0.15) is 10.3 Å². The third-order valence-corrected chi connectivity index (χ3v) is 2.32. The largest absolute Gasteiger partial charge is 0.268 e. The average Bonchev–Trinajstić information content (AvgIpc) is 2.62. The fraction of sp³-hybridized carbons (Fsp3) is 0.111. The zero-order valence-corrected chi connectivity index (χ0v) is 8.70. The van der Waals surface area contributed by atoms with E-state index in [-0.39, 0.29) is 0 Å². The number of rotatable bonds is 2. The zero-order chi connectivity index (χ0) is 9.97. The Bertz CT molecular complexity index is 426. The van der Waals surface area contributed by atoms with Gasteiger partial charge in [0.2, 0.25) is 0 Å². The van der Waals surface area contributed by atoms with E-state index >= 15 is 0 Å². The summed E-state index contributed by atoms with van der Waals surface area (Å²) in [6.45, 7) is 0.607. The second kappa shape index (κ2) is 3.98. The van der Waals surface area contributed by atoms with E-state index < -0.39 is 0 Å². The molecule has 0 aliphatic heterocycles. The Balaban J connectivity index is 2.25. The number of nitrogens with zero attached hydrogens (tertiary/aromatic N) is 3. The highest BCUT2D eigenvalue weighted by molar-refractivity contribution is 6.32. The summed E-state index contributed by atoms with van der Waals surface area (Å²) >= 11 is 11.6. The molecule has 0 saturated carbocycles. The van der Waals surface area contributed by atoms with Gasteiger partial charge in [-0.1, -0.05) is 29.3 Å². The summed E-state index contributed by atoms with van der Waals surface area (Å²) in [4.78, 5) is 3.94. The predicted molar refractivity (Wildman–Crippen MR) is 55.6 cm³/mol. The number of hydrogen-bond donors (Lipinski definition) is 0. The van der Waals surface area contributed by atoms with E-state index in [9.17, 15) is 0 Å². The third kappa shape index (κ3) is 2.05. The Morgan fingerprint density at radius 3 is 2.79 bits per heavy atom. The monoisotopic (exact) mass is 227 g/mol. The fourth-order valence-electron chi connectivity index (χ4n) is 1.13. The van der Waals surface area contributed by atoms with E-state index in [1.165, 1.54) is 0 Å². The Kier molecular flexibility index (Phi) is 2.70. The van der Waals surface area contributed by atoms with Crippen molar-refractivity contribution in [1.29, 1.82) is 0 Å². The summed E-state index contributed by atoms with van der Waals surface area (Å²) in [5, 5.41) is 4.90. The van der Waals surface area contributed by atoms with Crippen LogP contribution >= 0.6 is 23.2 Å². The summed E-state index contributed by atoms with van der Waals surface area (Å²) in [6.07, 6.45) is 3.59. The first-order valence-corrected chi connectivity index (χ1v) is 4.79. The molecule has 0 saturated heterocycles. The van der Waals surface area contributed by atoms with Gasteiger partial charge in [0.15, 0.2) is 0 Å². The molecule has 72 valence electrons. The molecule has 0 atom stereocenters. The molecule has 0 N–H and O–H groups in total. The predicted octanol–water partition coefficient (Wildman–Crippen LogP) is 2.63. The molecular weight excluding hydrogens is 221 g/mol. The third-order valence-electron chi connectivity index (χ3n) is 1.78. The van der Waals surface area contributed by atoms with Crippen molar-refractivity contribution in [3.63, 3.8) is 0 Å². The molecule has 0 amide bonds. The molecule has 0 unspecified atom stereocenters. The molecule has 3 nitrogen and oxygen atoms in total. The highest BCUT2D eigenvalue weighted by Gasteiger charge is 2.03. The molecule has 5 heteroatoms. The highest BCUT2D eigenvalue weighted by atomic mass is 35.5. The van der Waals surface area contributed by atoms with Crippen molar-refractivity contribution in [2.24, 2.45) is 0 Å². The van der Waals surface area contributed by atoms with Gasteiger partial charge in [-0.25, -0.2) is 4.98 Å². The lowest BCUT2D eigenvalue weighted by Crippen LogP contribution is -2.01. The standard InChI is InChI=1S/C9H7Cl2N3/c10-8-3-2-7(9(11)13-8)6-14-5-1-4-12-14/h1-5H,6H2. The summed E-state index contributed by atoms with van der Waals surface area (Å²) < 4.78 is 1.77. The first-order chi connectivity index (χ1) is 6.75. The minimum atomic E-state index is 0.402. The quantitative estimate of drug-likeness (QED) is 0.739. The molecule has 0 fully saturated rings. The molecule has 2 aromatic rings. The number of hydrogen-bond acceptors (Lipinski definition) is 2. The lowest BCUT2D eigenvalue weighted by molar-refractivity contribution is 0.685. The van der Waals surface area contributed by atoms with E-state index in [0.29, 0.717) is 16.9 Å².